The van der Waals surface area contributed by atoms with Gasteiger partial charge in [0.05, 0.1) is 6.54 Å². The molecular formula is C21H19ClN4OS. The quantitative estimate of drug-likeness (QED) is 0.482. The van der Waals surface area contributed by atoms with E-state index in [0.29, 0.717) is 24.4 Å². The maximum absolute atomic E-state index is 12.5. The van der Waals surface area contributed by atoms with Gasteiger partial charge in [-0.1, -0.05) is 23.7 Å². The number of hydrogen-bond acceptors (Lipinski definition) is 4. The summed E-state index contributed by atoms with van der Waals surface area (Å²) in [5.74, 6) is 0.799. The second kappa shape index (κ2) is 8.12. The highest BCUT2D eigenvalue weighted by atomic mass is 35.5. The van der Waals surface area contributed by atoms with E-state index in [0.717, 1.165) is 28.2 Å². The SMILES string of the molecule is Cc1c(Cl)cccc1NC(=O)CCc1nc2cccnc2n1Cc1cccs1. The number of carbonyl (C=O) groups is 1. The van der Waals surface area contributed by atoms with Crippen LogP contribution >= 0.6 is 22.9 Å². The van der Waals surface area contributed by atoms with Crippen LogP contribution < -0.4 is 5.32 Å². The van der Waals surface area contributed by atoms with Crippen molar-refractivity contribution < 1.29 is 4.79 Å². The van der Waals surface area contributed by atoms with Gasteiger partial charge in [0.1, 0.15) is 11.3 Å². The second-order valence-corrected chi connectivity index (χ2v) is 7.94. The molecule has 142 valence electrons. The van der Waals surface area contributed by atoms with Crippen LogP contribution in [0.1, 0.15) is 22.7 Å². The van der Waals surface area contributed by atoms with Crippen molar-refractivity contribution in [1.29, 1.82) is 0 Å². The monoisotopic (exact) mass is 410 g/mol. The largest absolute Gasteiger partial charge is 0.326 e. The Labute approximate surface area is 172 Å². The number of benzene rings is 1. The summed E-state index contributed by atoms with van der Waals surface area (Å²) in [5, 5.41) is 5.64. The second-order valence-electron chi connectivity index (χ2n) is 6.50. The molecule has 0 aliphatic heterocycles. The van der Waals surface area contributed by atoms with Crippen LogP contribution in [0.3, 0.4) is 0 Å². The van der Waals surface area contributed by atoms with Crippen LogP contribution in [0.15, 0.2) is 54.0 Å². The van der Waals surface area contributed by atoms with Crippen molar-refractivity contribution in [3.8, 4) is 0 Å². The highest BCUT2D eigenvalue weighted by Gasteiger charge is 2.14. The zero-order chi connectivity index (χ0) is 19.5. The molecule has 0 aliphatic rings. The van der Waals surface area contributed by atoms with Crippen molar-refractivity contribution in [1.82, 2.24) is 14.5 Å². The van der Waals surface area contributed by atoms with Crippen molar-refractivity contribution in [2.75, 3.05) is 5.32 Å². The molecule has 0 fully saturated rings. The molecule has 3 aromatic heterocycles. The van der Waals surface area contributed by atoms with Gasteiger partial charge in [0.2, 0.25) is 5.91 Å². The number of aromatic nitrogens is 3. The standard InChI is InChI=1S/C21H19ClN4OS/c1-14-16(22)6-2-7-17(14)25-20(27)10-9-19-24-18-8-3-11-23-21(18)26(19)13-15-5-4-12-28-15/h2-8,11-12H,9-10,13H2,1H3,(H,25,27). The third kappa shape index (κ3) is 3.93. The van der Waals surface area contributed by atoms with Gasteiger partial charge < -0.3 is 9.88 Å². The van der Waals surface area contributed by atoms with Gasteiger partial charge in [-0.05, 0) is 48.2 Å². The van der Waals surface area contributed by atoms with E-state index in [2.05, 4.69) is 26.3 Å². The summed E-state index contributed by atoms with van der Waals surface area (Å²) in [7, 11) is 0. The summed E-state index contributed by atoms with van der Waals surface area (Å²) in [6, 6.07) is 13.5. The fraction of sp³-hybridized carbons (Fsp3) is 0.190. The lowest BCUT2D eigenvalue weighted by Gasteiger charge is -2.10. The van der Waals surface area contributed by atoms with Crippen LogP contribution in [0.5, 0.6) is 0 Å². The van der Waals surface area contributed by atoms with Gasteiger partial charge in [-0.15, -0.1) is 11.3 Å². The number of halogens is 1. The number of anilines is 1. The summed E-state index contributed by atoms with van der Waals surface area (Å²) in [5.41, 5.74) is 3.30. The van der Waals surface area contributed by atoms with Gasteiger partial charge in [-0.2, -0.15) is 0 Å². The first-order chi connectivity index (χ1) is 13.6. The number of nitrogens with one attached hydrogen (secondary N) is 1. The van der Waals surface area contributed by atoms with Crippen LogP contribution in [0.2, 0.25) is 5.02 Å². The third-order valence-corrected chi connectivity index (χ3v) is 5.86. The first kappa shape index (κ1) is 18.7. The Balaban J connectivity index is 1.52. The Kier molecular flexibility index (Phi) is 5.41. The van der Waals surface area contributed by atoms with Crippen LogP contribution in [0.25, 0.3) is 11.2 Å². The highest BCUT2D eigenvalue weighted by molar-refractivity contribution is 7.09. The summed E-state index contributed by atoms with van der Waals surface area (Å²) in [6.07, 6.45) is 2.64. The number of thiophene rings is 1. The molecule has 0 radical (unpaired) electrons. The summed E-state index contributed by atoms with van der Waals surface area (Å²) in [6.45, 7) is 2.60. The fourth-order valence-corrected chi connectivity index (χ4v) is 3.97. The molecule has 4 rings (SSSR count). The molecule has 28 heavy (non-hydrogen) atoms. The summed E-state index contributed by atoms with van der Waals surface area (Å²) < 4.78 is 2.10. The number of pyridine rings is 1. The molecule has 0 atom stereocenters. The number of carbonyl (C=O) groups excluding carboxylic acids is 1. The normalized spacial score (nSPS) is 11.1. The molecule has 7 heteroatoms. The molecule has 1 aromatic carbocycles. The van der Waals surface area contributed by atoms with E-state index in [1.165, 1.54) is 4.88 Å². The minimum absolute atomic E-state index is 0.0620. The van der Waals surface area contributed by atoms with E-state index in [-0.39, 0.29) is 5.91 Å². The number of imidazole rings is 1. The van der Waals surface area contributed by atoms with E-state index in [1.54, 1.807) is 17.5 Å². The van der Waals surface area contributed by atoms with Crippen LogP contribution in [0.4, 0.5) is 5.69 Å². The van der Waals surface area contributed by atoms with Crippen LogP contribution in [-0.2, 0) is 17.8 Å². The molecule has 0 spiro atoms. The van der Waals surface area contributed by atoms with Gasteiger partial charge >= 0.3 is 0 Å². The molecule has 1 amide bonds. The maximum atomic E-state index is 12.5. The summed E-state index contributed by atoms with van der Waals surface area (Å²) in [4.78, 5) is 22.9. The fourth-order valence-electron chi connectivity index (χ4n) is 3.10. The molecule has 1 N–H and O–H groups in total. The molecule has 0 aliphatic carbocycles. The number of aryl methyl sites for hydroxylation is 1. The van der Waals surface area contributed by atoms with Crippen molar-refractivity contribution in [3.05, 3.63) is 75.3 Å². The molecule has 0 bridgehead atoms. The Bertz CT molecular complexity index is 1120. The average Bonchev–Trinajstić information content (AvgIpc) is 3.32. The predicted molar refractivity (Wildman–Crippen MR) is 114 cm³/mol. The average molecular weight is 411 g/mol. The van der Waals surface area contributed by atoms with Gasteiger partial charge in [-0.25, -0.2) is 9.97 Å². The zero-order valence-electron chi connectivity index (χ0n) is 15.4. The van der Waals surface area contributed by atoms with Gasteiger partial charge in [0.15, 0.2) is 5.65 Å². The molecule has 4 aromatic rings. The van der Waals surface area contributed by atoms with E-state index >= 15 is 0 Å². The maximum Gasteiger partial charge on any atom is 0.224 e. The summed E-state index contributed by atoms with van der Waals surface area (Å²) >= 11 is 7.83. The predicted octanol–water partition coefficient (Wildman–Crippen LogP) is 5.07. The Hall–Kier alpha value is -2.70. The zero-order valence-corrected chi connectivity index (χ0v) is 16.9. The molecule has 0 saturated carbocycles. The van der Waals surface area contributed by atoms with Crippen LogP contribution in [-0.4, -0.2) is 20.4 Å². The van der Waals surface area contributed by atoms with E-state index in [9.17, 15) is 4.79 Å². The molecule has 5 nitrogen and oxygen atoms in total. The van der Waals surface area contributed by atoms with Crippen molar-refractivity contribution in [2.45, 2.75) is 26.3 Å². The molecule has 0 unspecified atom stereocenters. The lowest BCUT2D eigenvalue weighted by Crippen LogP contribution is -2.15. The topological polar surface area (TPSA) is 59.8 Å². The molecular weight excluding hydrogens is 392 g/mol. The minimum Gasteiger partial charge on any atom is -0.326 e. The first-order valence-electron chi connectivity index (χ1n) is 8.99. The van der Waals surface area contributed by atoms with Crippen molar-refractivity contribution in [3.63, 3.8) is 0 Å². The lowest BCUT2D eigenvalue weighted by molar-refractivity contribution is -0.116. The van der Waals surface area contributed by atoms with Gasteiger partial charge in [0.25, 0.3) is 0 Å². The number of fused-ring (bicyclic) bond motifs is 1. The van der Waals surface area contributed by atoms with Crippen molar-refractivity contribution >= 4 is 45.7 Å². The van der Waals surface area contributed by atoms with E-state index in [1.807, 2.05) is 43.3 Å². The number of amides is 1. The van der Waals surface area contributed by atoms with E-state index < -0.39 is 0 Å². The van der Waals surface area contributed by atoms with Crippen LogP contribution in [0, 0.1) is 6.92 Å². The number of hydrogen-bond donors (Lipinski definition) is 1. The van der Waals surface area contributed by atoms with Crippen molar-refractivity contribution in [2.24, 2.45) is 0 Å². The van der Waals surface area contributed by atoms with Gasteiger partial charge in [0, 0.05) is 34.6 Å². The molecule has 3 heterocycles. The van der Waals surface area contributed by atoms with E-state index in [4.69, 9.17) is 16.6 Å². The van der Waals surface area contributed by atoms with Gasteiger partial charge in [-0.3, -0.25) is 4.79 Å². The number of nitrogens with zero attached hydrogens (tertiary/aromatic N) is 3. The highest BCUT2D eigenvalue weighted by Crippen LogP contribution is 2.23. The third-order valence-electron chi connectivity index (χ3n) is 4.59. The first-order valence-corrected chi connectivity index (χ1v) is 10.2. The number of rotatable bonds is 6. The molecule has 0 saturated heterocycles. The Morgan fingerprint density at radius 1 is 1.21 bits per heavy atom. The lowest BCUT2D eigenvalue weighted by atomic mass is 10.2. The Morgan fingerprint density at radius 2 is 2.11 bits per heavy atom. The minimum atomic E-state index is -0.0620. The Morgan fingerprint density at radius 3 is 2.93 bits per heavy atom. The smallest absolute Gasteiger partial charge is 0.224 e.